The van der Waals surface area contributed by atoms with Gasteiger partial charge in [-0.25, -0.2) is 0 Å². The number of allylic oxidation sites excluding steroid dienone is 4. The molecule has 0 aromatic carbocycles. The molecule has 1 aliphatic carbocycles. The second-order valence-electron chi connectivity index (χ2n) is 7.18. The van der Waals surface area contributed by atoms with Crippen LogP contribution in [0.1, 0.15) is 41.5 Å². The van der Waals surface area contributed by atoms with Crippen LogP contribution in [-0.4, -0.2) is 28.0 Å². The Morgan fingerprint density at radius 2 is 1.17 bits per heavy atom. The second kappa shape index (κ2) is 4.80. The van der Waals surface area contributed by atoms with E-state index < -0.39 is 0 Å². The molecule has 0 fully saturated rings. The highest BCUT2D eigenvalue weighted by Gasteiger charge is 2.38. The summed E-state index contributed by atoms with van der Waals surface area (Å²) in [7, 11) is 0.211. The average Bonchev–Trinajstić information content (AvgIpc) is 2.13. The monoisotopic (exact) mass is 267 g/mol. The number of hydrogen-bond acceptors (Lipinski definition) is 0. The predicted molar refractivity (Wildman–Crippen MR) is 86.5 cm³/mol. The third-order valence-electron chi connectivity index (χ3n) is 3.17. The molecule has 0 saturated heterocycles. The molecule has 0 spiro atoms. The van der Waals surface area contributed by atoms with E-state index in [1.54, 1.807) is 0 Å². The van der Waals surface area contributed by atoms with Gasteiger partial charge >= 0.3 is 5.78 Å². The maximum Gasteiger partial charge on any atom is 0.347 e. The molecule has 0 radical (unpaired) electrons. The summed E-state index contributed by atoms with van der Waals surface area (Å²) in [5, 5.41) is 0. The van der Waals surface area contributed by atoms with Crippen molar-refractivity contribution >= 4 is 21.1 Å². The van der Waals surface area contributed by atoms with E-state index in [-0.39, 0.29) is 21.3 Å². The van der Waals surface area contributed by atoms with Crippen LogP contribution >= 0.6 is 10.5 Å². The molecule has 0 saturated carbocycles. The van der Waals surface area contributed by atoms with Crippen molar-refractivity contribution in [3.05, 3.63) is 23.3 Å². The van der Waals surface area contributed by atoms with Gasteiger partial charge in [0.15, 0.2) is 0 Å². The van der Waals surface area contributed by atoms with E-state index in [4.69, 9.17) is 0 Å². The Bertz CT molecular complexity index is 422. The fraction of sp³-hybridized carbons (Fsp3) is 0.625. The molecule has 18 heavy (non-hydrogen) atoms. The smallest absolute Gasteiger partial charge is 0.273 e. The molecule has 0 amide bonds. The topological polar surface area (TPSA) is 21.4 Å². The van der Waals surface area contributed by atoms with Crippen LogP contribution in [-0.2, 0) is 0 Å². The molecule has 1 aliphatic rings. The zero-order valence-corrected chi connectivity index (χ0v) is 13.8. The highest BCUT2D eigenvalue weighted by molar-refractivity contribution is 8.15. The predicted octanol–water partition coefficient (Wildman–Crippen LogP) is 4.19. The number of carbonyl (C=O) groups excluding carboxylic acids is 1. The quantitative estimate of drug-likeness (QED) is 0.464. The fourth-order valence-electron chi connectivity index (χ4n) is 1.99. The SMILES string of the molecule is CS(C)=C1C=C(C(C)(C)C)C(=[OH+])C(C(C)(C)C)=C1. The van der Waals surface area contributed by atoms with Crippen molar-refractivity contribution in [2.24, 2.45) is 10.8 Å². The minimum Gasteiger partial charge on any atom is -0.273 e. The number of ketones is 1. The van der Waals surface area contributed by atoms with Gasteiger partial charge in [-0.15, -0.1) is 0 Å². The van der Waals surface area contributed by atoms with Crippen molar-refractivity contribution in [3.8, 4) is 0 Å². The molecule has 0 aromatic heterocycles. The third kappa shape index (κ3) is 3.23. The summed E-state index contributed by atoms with van der Waals surface area (Å²) in [4.78, 5) is 11.9. The zero-order chi connectivity index (χ0) is 14.3. The summed E-state index contributed by atoms with van der Waals surface area (Å²) in [6.45, 7) is 12.9. The Balaban J connectivity index is 3.45. The van der Waals surface area contributed by atoms with Gasteiger partial charge in [-0.3, -0.25) is 4.79 Å². The van der Waals surface area contributed by atoms with Crippen LogP contribution in [0.5, 0.6) is 0 Å². The lowest BCUT2D eigenvalue weighted by Crippen LogP contribution is -2.29. The minimum atomic E-state index is -0.0283. The van der Waals surface area contributed by atoms with E-state index in [1.807, 2.05) is 0 Å². The van der Waals surface area contributed by atoms with Crippen LogP contribution in [0.4, 0.5) is 0 Å². The van der Waals surface area contributed by atoms with E-state index in [0.29, 0.717) is 5.78 Å². The Labute approximate surface area is 114 Å². The summed E-state index contributed by atoms with van der Waals surface area (Å²) in [5.74, 6) is 0.476. The summed E-state index contributed by atoms with van der Waals surface area (Å²) in [6.07, 6.45) is 8.80. The van der Waals surface area contributed by atoms with Crippen molar-refractivity contribution in [3.63, 3.8) is 0 Å². The van der Waals surface area contributed by atoms with Gasteiger partial charge in [0.05, 0.1) is 11.1 Å². The number of rotatable bonds is 0. The molecule has 0 atom stereocenters. The molecule has 0 aliphatic heterocycles. The van der Waals surface area contributed by atoms with Gasteiger partial charge in [0.25, 0.3) is 0 Å². The highest BCUT2D eigenvalue weighted by Crippen LogP contribution is 2.37. The highest BCUT2D eigenvalue weighted by atomic mass is 32.2. The third-order valence-corrected chi connectivity index (χ3v) is 4.35. The second-order valence-corrected chi connectivity index (χ2v) is 9.29. The summed E-state index contributed by atoms with van der Waals surface area (Å²) in [5.41, 5.74) is 2.07. The van der Waals surface area contributed by atoms with Crippen molar-refractivity contribution in [2.75, 3.05) is 12.5 Å². The van der Waals surface area contributed by atoms with Crippen LogP contribution in [0.3, 0.4) is 0 Å². The van der Waals surface area contributed by atoms with Gasteiger partial charge in [0.2, 0.25) is 0 Å². The minimum absolute atomic E-state index is 0.0283. The van der Waals surface area contributed by atoms with Gasteiger partial charge in [-0.1, -0.05) is 41.5 Å². The first-order valence-electron chi connectivity index (χ1n) is 6.40. The van der Waals surface area contributed by atoms with Crippen molar-refractivity contribution < 1.29 is 4.79 Å². The van der Waals surface area contributed by atoms with Gasteiger partial charge < -0.3 is 0 Å². The van der Waals surface area contributed by atoms with Gasteiger partial charge in [-0.05, 0) is 40.4 Å². The van der Waals surface area contributed by atoms with Crippen LogP contribution in [0, 0.1) is 10.8 Å². The van der Waals surface area contributed by atoms with E-state index in [2.05, 4.69) is 66.2 Å². The first kappa shape index (κ1) is 15.4. The summed E-state index contributed by atoms with van der Waals surface area (Å²) < 4.78 is 0. The first-order chi connectivity index (χ1) is 7.94. The molecular weight excluding hydrogens is 240 g/mol. The molecule has 1 nitrogen and oxygen atoms in total. The Hall–Kier alpha value is -0.630. The first-order valence-corrected chi connectivity index (χ1v) is 8.44. The largest absolute Gasteiger partial charge is 0.347 e. The Morgan fingerprint density at radius 1 is 0.833 bits per heavy atom. The molecule has 1 N–H and O–H groups in total. The number of hydrogen-bond donors (Lipinski definition) is 0. The van der Waals surface area contributed by atoms with Crippen LogP contribution in [0.2, 0.25) is 0 Å². The molecule has 102 valence electrons. The lowest BCUT2D eigenvalue weighted by molar-refractivity contribution is 0.488. The Kier molecular flexibility index (Phi) is 4.12. The van der Waals surface area contributed by atoms with Gasteiger partial charge in [0, 0.05) is 0 Å². The summed E-state index contributed by atoms with van der Waals surface area (Å²) in [6, 6.07) is 0. The average molecular weight is 267 g/mol. The van der Waals surface area contributed by atoms with Crippen LogP contribution in [0.15, 0.2) is 23.3 Å². The molecule has 0 unspecified atom stereocenters. The lowest BCUT2D eigenvalue weighted by Gasteiger charge is -2.28. The van der Waals surface area contributed by atoms with Crippen LogP contribution in [0.25, 0.3) is 0 Å². The maximum atomic E-state index is 10.6. The normalized spacial score (nSPS) is 18.1. The van der Waals surface area contributed by atoms with E-state index in [9.17, 15) is 4.79 Å². The molecule has 0 aromatic rings. The summed E-state index contributed by atoms with van der Waals surface area (Å²) >= 11 is 0. The molecule has 2 heteroatoms. The van der Waals surface area contributed by atoms with E-state index in [1.165, 1.54) is 4.86 Å². The van der Waals surface area contributed by atoms with Gasteiger partial charge in [-0.2, -0.15) is 10.5 Å². The lowest BCUT2D eigenvalue weighted by atomic mass is 9.73. The molecule has 1 rings (SSSR count). The van der Waals surface area contributed by atoms with Crippen molar-refractivity contribution in [1.29, 1.82) is 0 Å². The molecule has 0 heterocycles. The fourth-order valence-corrected chi connectivity index (χ4v) is 2.69. The maximum absolute atomic E-state index is 10.6. The standard InChI is InChI=1S/C16H26OS/c1-15(2,3)12-9-11(18(7)8)10-13(14(12)17)16(4,5)6/h9-10H,1-8H3/p+1. The van der Waals surface area contributed by atoms with Crippen molar-refractivity contribution in [2.45, 2.75) is 41.5 Å². The Morgan fingerprint density at radius 3 is 1.39 bits per heavy atom. The van der Waals surface area contributed by atoms with E-state index >= 15 is 0 Å². The van der Waals surface area contributed by atoms with Crippen LogP contribution < -0.4 is 0 Å². The van der Waals surface area contributed by atoms with Gasteiger partial charge in [0.1, 0.15) is 0 Å². The van der Waals surface area contributed by atoms with Crippen molar-refractivity contribution in [1.82, 2.24) is 0 Å². The zero-order valence-electron chi connectivity index (χ0n) is 13.0. The molecular formula is C16H27OS+. The molecule has 0 bridgehead atoms. The van der Waals surface area contributed by atoms with E-state index in [0.717, 1.165) is 11.1 Å².